The van der Waals surface area contributed by atoms with Crippen LogP contribution in [-0.2, 0) is 4.79 Å². The van der Waals surface area contributed by atoms with Gasteiger partial charge in [-0.3, -0.25) is 4.79 Å². The van der Waals surface area contributed by atoms with Crippen LogP contribution in [0.4, 0.5) is 5.69 Å². The van der Waals surface area contributed by atoms with Crippen LogP contribution in [0, 0.1) is 0 Å². The first-order valence-electron chi connectivity index (χ1n) is 5.47. The van der Waals surface area contributed by atoms with Gasteiger partial charge in [-0.05, 0) is 24.3 Å². The summed E-state index contributed by atoms with van der Waals surface area (Å²) in [6.07, 6.45) is 0. The van der Waals surface area contributed by atoms with Crippen LogP contribution in [0.15, 0.2) is 54.6 Å². The molecule has 0 heterocycles. The van der Waals surface area contributed by atoms with Crippen molar-refractivity contribution in [1.82, 2.24) is 0 Å². The Labute approximate surface area is 110 Å². The van der Waals surface area contributed by atoms with Gasteiger partial charge in [-0.1, -0.05) is 30.3 Å². The summed E-state index contributed by atoms with van der Waals surface area (Å²) in [6, 6.07) is 16.6. The second-order valence-corrected chi connectivity index (χ2v) is 3.86. The Kier molecular flexibility index (Phi) is 4.20. The summed E-state index contributed by atoms with van der Waals surface area (Å²) in [6.45, 7) is 0. The summed E-state index contributed by atoms with van der Waals surface area (Å²) in [5, 5.41) is 2.68. The molecular formula is C14H12ClNO2. The van der Waals surface area contributed by atoms with Crippen LogP contribution < -0.4 is 10.1 Å². The molecule has 0 aromatic heterocycles. The fourth-order valence-electron chi connectivity index (χ4n) is 1.46. The topological polar surface area (TPSA) is 38.3 Å². The van der Waals surface area contributed by atoms with Crippen molar-refractivity contribution in [2.24, 2.45) is 0 Å². The number of hydrogen-bond donors (Lipinski definition) is 1. The van der Waals surface area contributed by atoms with Crippen molar-refractivity contribution in [1.29, 1.82) is 0 Å². The number of halogens is 1. The molecule has 0 unspecified atom stereocenters. The van der Waals surface area contributed by atoms with Gasteiger partial charge in [0.15, 0.2) is 5.75 Å². The van der Waals surface area contributed by atoms with Crippen molar-refractivity contribution in [3.05, 3.63) is 54.6 Å². The van der Waals surface area contributed by atoms with Crippen LogP contribution in [0.25, 0.3) is 0 Å². The number of carbonyl (C=O) groups is 1. The number of rotatable bonds is 4. The average Bonchev–Trinajstić information content (AvgIpc) is 2.42. The summed E-state index contributed by atoms with van der Waals surface area (Å²) in [4.78, 5) is 11.3. The molecule has 0 fully saturated rings. The van der Waals surface area contributed by atoms with Crippen molar-refractivity contribution in [2.45, 2.75) is 0 Å². The van der Waals surface area contributed by atoms with Gasteiger partial charge >= 0.3 is 0 Å². The number of ether oxygens (including phenoxy) is 1. The van der Waals surface area contributed by atoms with Gasteiger partial charge in [0.1, 0.15) is 11.6 Å². The van der Waals surface area contributed by atoms with E-state index in [1.54, 1.807) is 12.1 Å². The minimum atomic E-state index is -0.263. The highest BCUT2D eigenvalue weighted by Gasteiger charge is 2.07. The molecule has 0 aliphatic heterocycles. The SMILES string of the molecule is O=C(CCl)Nc1ccccc1Oc1ccccc1. The fraction of sp³-hybridized carbons (Fsp3) is 0.0714. The van der Waals surface area contributed by atoms with E-state index in [4.69, 9.17) is 16.3 Å². The third kappa shape index (κ3) is 3.25. The Bertz CT molecular complexity index is 528. The van der Waals surface area contributed by atoms with E-state index in [1.165, 1.54) is 0 Å². The number of amides is 1. The lowest BCUT2D eigenvalue weighted by atomic mass is 10.3. The van der Waals surface area contributed by atoms with Crippen molar-refractivity contribution in [2.75, 3.05) is 11.2 Å². The molecule has 0 radical (unpaired) electrons. The summed E-state index contributed by atoms with van der Waals surface area (Å²) >= 11 is 5.46. The standard InChI is InChI=1S/C14H12ClNO2/c15-10-14(17)16-12-8-4-5-9-13(12)18-11-6-2-1-3-7-11/h1-9H,10H2,(H,16,17). The lowest BCUT2D eigenvalue weighted by Crippen LogP contribution is -2.13. The van der Waals surface area contributed by atoms with Gasteiger partial charge in [-0.25, -0.2) is 0 Å². The molecule has 4 heteroatoms. The van der Waals surface area contributed by atoms with E-state index < -0.39 is 0 Å². The molecule has 0 atom stereocenters. The van der Waals surface area contributed by atoms with Crippen LogP contribution in [0.5, 0.6) is 11.5 Å². The first kappa shape index (κ1) is 12.5. The van der Waals surface area contributed by atoms with E-state index in [9.17, 15) is 4.79 Å². The zero-order chi connectivity index (χ0) is 12.8. The number of hydrogen-bond acceptors (Lipinski definition) is 2. The molecule has 0 aliphatic carbocycles. The number of para-hydroxylation sites is 3. The predicted octanol–water partition coefficient (Wildman–Crippen LogP) is 3.66. The zero-order valence-electron chi connectivity index (χ0n) is 9.60. The molecule has 3 nitrogen and oxygen atoms in total. The van der Waals surface area contributed by atoms with E-state index >= 15 is 0 Å². The quantitative estimate of drug-likeness (QED) is 0.853. The van der Waals surface area contributed by atoms with Crippen molar-refractivity contribution in [3.63, 3.8) is 0 Å². The normalized spacial score (nSPS) is 9.83. The highest BCUT2D eigenvalue weighted by molar-refractivity contribution is 6.29. The molecule has 18 heavy (non-hydrogen) atoms. The Balaban J connectivity index is 2.20. The smallest absolute Gasteiger partial charge is 0.239 e. The molecule has 92 valence electrons. The van der Waals surface area contributed by atoms with Crippen LogP contribution in [0.1, 0.15) is 0 Å². The predicted molar refractivity (Wildman–Crippen MR) is 72.3 cm³/mol. The average molecular weight is 262 g/mol. The van der Waals surface area contributed by atoms with Crippen LogP contribution >= 0.6 is 11.6 Å². The first-order chi connectivity index (χ1) is 8.79. The van der Waals surface area contributed by atoms with Gasteiger partial charge < -0.3 is 10.1 Å². The van der Waals surface area contributed by atoms with Gasteiger partial charge in [-0.15, -0.1) is 11.6 Å². The highest BCUT2D eigenvalue weighted by Crippen LogP contribution is 2.28. The third-order valence-corrected chi connectivity index (χ3v) is 2.50. The maximum atomic E-state index is 11.3. The Morgan fingerprint density at radius 1 is 1.06 bits per heavy atom. The van der Waals surface area contributed by atoms with Gasteiger partial charge in [0.05, 0.1) is 5.69 Å². The van der Waals surface area contributed by atoms with Crippen molar-refractivity contribution in [3.8, 4) is 11.5 Å². The molecule has 0 aliphatic rings. The highest BCUT2D eigenvalue weighted by atomic mass is 35.5. The first-order valence-corrected chi connectivity index (χ1v) is 6.01. The lowest BCUT2D eigenvalue weighted by Gasteiger charge is -2.11. The lowest BCUT2D eigenvalue weighted by molar-refractivity contribution is -0.113. The third-order valence-electron chi connectivity index (χ3n) is 2.25. The number of carbonyl (C=O) groups excluding carboxylic acids is 1. The van der Waals surface area contributed by atoms with E-state index in [0.29, 0.717) is 17.2 Å². The van der Waals surface area contributed by atoms with E-state index in [2.05, 4.69) is 5.32 Å². The summed E-state index contributed by atoms with van der Waals surface area (Å²) in [5.41, 5.74) is 0.604. The molecule has 0 bridgehead atoms. The minimum Gasteiger partial charge on any atom is -0.455 e. The van der Waals surface area contributed by atoms with Gasteiger partial charge in [0, 0.05) is 0 Å². The molecule has 2 rings (SSSR count). The summed E-state index contributed by atoms with van der Waals surface area (Å²) < 4.78 is 5.70. The van der Waals surface area contributed by atoms with E-state index in [1.807, 2.05) is 42.5 Å². The molecule has 1 N–H and O–H groups in total. The van der Waals surface area contributed by atoms with E-state index in [0.717, 1.165) is 0 Å². The maximum Gasteiger partial charge on any atom is 0.239 e. The number of anilines is 1. The van der Waals surface area contributed by atoms with Gasteiger partial charge in [-0.2, -0.15) is 0 Å². The molecule has 0 saturated heterocycles. The van der Waals surface area contributed by atoms with Gasteiger partial charge in [0.25, 0.3) is 0 Å². The van der Waals surface area contributed by atoms with Crippen molar-refractivity contribution >= 4 is 23.2 Å². The van der Waals surface area contributed by atoms with Crippen LogP contribution in [0.3, 0.4) is 0 Å². The summed E-state index contributed by atoms with van der Waals surface area (Å²) in [7, 11) is 0. The number of benzene rings is 2. The Hall–Kier alpha value is -2.00. The monoisotopic (exact) mass is 261 g/mol. The largest absolute Gasteiger partial charge is 0.455 e. The molecule has 1 amide bonds. The number of alkyl halides is 1. The molecule has 0 saturated carbocycles. The van der Waals surface area contributed by atoms with Crippen LogP contribution in [0.2, 0.25) is 0 Å². The maximum absolute atomic E-state index is 11.3. The van der Waals surface area contributed by atoms with Crippen LogP contribution in [-0.4, -0.2) is 11.8 Å². The molecular weight excluding hydrogens is 250 g/mol. The zero-order valence-corrected chi connectivity index (χ0v) is 10.4. The molecule has 2 aromatic carbocycles. The molecule has 0 spiro atoms. The Morgan fingerprint density at radius 3 is 2.44 bits per heavy atom. The molecule has 2 aromatic rings. The second kappa shape index (κ2) is 6.07. The second-order valence-electron chi connectivity index (χ2n) is 3.59. The van der Waals surface area contributed by atoms with E-state index in [-0.39, 0.29) is 11.8 Å². The van der Waals surface area contributed by atoms with Crippen molar-refractivity contribution < 1.29 is 9.53 Å². The minimum absolute atomic E-state index is 0.0837. The number of nitrogens with one attached hydrogen (secondary N) is 1. The fourth-order valence-corrected chi connectivity index (χ4v) is 1.52. The van der Waals surface area contributed by atoms with Gasteiger partial charge in [0.2, 0.25) is 5.91 Å². The Morgan fingerprint density at radius 2 is 1.72 bits per heavy atom. The summed E-state index contributed by atoms with van der Waals surface area (Å²) in [5.74, 6) is 0.952.